The Bertz CT molecular complexity index is 1460. The lowest BCUT2D eigenvalue weighted by Gasteiger charge is -2.13. The van der Waals surface area contributed by atoms with Crippen molar-refractivity contribution in [1.82, 2.24) is 9.55 Å². The normalized spacial score (nSPS) is 14.0. The van der Waals surface area contributed by atoms with E-state index in [0.717, 1.165) is 14.8 Å². The molecule has 0 saturated carbocycles. The number of carbonyl (C=O) groups excluding carboxylic acids is 1. The molecule has 0 aliphatic carbocycles. The number of hydrogen-bond acceptors (Lipinski definition) is 4. The van der Waals surface area contributed by atoms with E-state index >= 15 is 0 Å². The maximum absolute atomic E-state index is 13.6. The molecule has 0 radical (unpaired) electrons. The van der Waals surface area contributed by atoms with Crippen molar-refractivity contribution in [3.05, 3.63) is 92.0 Å². The van der Waals surface area contributed by atoms with Crippen LogP contribution in [0.15, 0.2) is 71.5 Å². The smallest absolute Gasteiger partial charge is 0.266 e. The van der Waals surface area contributed by atoms with Crippen LogP contribution in [0.4, 0.5) is 5.69 Å². The Morgan fingerprint density at radius 2 is 1.87 bits per heavy atom. The molecule has 0 bridgehead atoms. The van der Waals surface area contributed by atoms with Gasteiger partial charge in [-0.25, -0.2) is 4.98 Å². The van der Waals surface area contributed by atoms with Crippen LogP contribution in [0.2, 0.25) is 0 Å². The highest BCUT2D eigenvalue weighted by Crippen LogP contribution is 2.33. The second-order valence-electron chi connectivity index (χ2n) is 7.03. The van der Waals surface area contributed by atoms with E-state index in [-0.39, 0.29) is 11.5 Å². The number of hydrogen-bond donors (Lipinski definition) is 1. The van der Waals surface area contributed by atoms with Gasteiger partial charge in [-0.2, -0.15) is 0 Å². The maximum atomic E-state index is 13.6. The number of ether oxygens (including phenoxy) is 1. The molecule has 3 aromatic carbocycles. The molecule has 0 atom stereocenters. The van der Waals surface area contributed by atoms with Gasteiger partial charge < -0.3 is 10.1 Å². The summed E-state index contributed by atoms with van der Waals surface area (Å²) in [5.74, 6) is 0.763. The quantitative estimate of drug-likeness (QED) is 0.319. The van der Waals surface area contributed by atoms with Crippen LogP contribution < -0.4 is 15.6 Å². The second-order valence-corrected chi connectivity index (χ2v) is 8.28. The van der Waals surface area contributed by atoms with Crippen LogP contribution in [0.3, 0.4) is 0 Å². The van der Waals surface area contributed by atoms with E-state index < -0.39 is 0 Å². The number of halogens is 1. The Labute approximate surface area is 191 Å². The van der Waals surface area contributed by atoms with Crippen molar-refractivity contribution in [2.45, 2.75) is 0 Å². The monoisotopic (exact) mass is 521 g/mol. The van der Waals surface area contributed by atoms with Crippen LogP contribution in [0.1, 0.15) is 11.4 Å². The molecule has 0 unspecified atom stereocenters. The topological polar surface area (TPSA) is 73.2 Å². The zero-order valence-corrected chi connectivity index (χ0v) is 18.6. The van der Waals surface area contributed by atoms with Gasteiger partial charge in [0.25, 0.3) is 11.5 Å². The first-order valence-corrected chi connectivity index (χ1v) is 10.6. The molecule has 1 aliphatic heterocycles. The summed E-state index contributed by atoms with van der Waals surface area (Å²) < 4.78 is 7.80. The Morgan fingerprint density at radius 3 is 2.71 bits per heavy atom. The van der Waals surface area contributed by atoms with E-state index in [4.69, 9.17) is 9.72 Å². The fourth-order valence-electron chi connectivity index (χ4n) is 3.68. The number of para-hydroxylation sites is 1. The fraction of sp³-hybridized carbons (Fsp3) is 0.0417. The minimum Gasteiger partial charge on any atom is -0.497 e. The van der Waals surface area contributed by atoms with Crippen molar-refractivity contribution in [2.24, 2.45) is 0 Å². The summed E-state index contributed by atoms with van der Waals surface area (Å²) in [6, 6.07) is 20.2. The van der Waals surface area contributed by atoms with Crippen molar-refractivity contribution >= 4 is 56.7 Å². The highest BCUT2D eigenvalue weighted by molar-refractivity contribution is 14.1. The second kappa shape index (κ2) is 7.66. The number of amides is 1. The molecule has 1 aromatic heterocycles. The van der Waals surface area contributed by atoms with Crippen LogP contribution in [-0.4, -0.2) is 22.6 Å². The summed E-state index contributed by atoms with van der Waals surface area (Å²) in [5.41, 5.74) is 2.95. The molecule has 2 heterocycles. The van der Waals surface area contributed by atoms with Crippen molar-refractivity contribution in [1.29, 1.82) is 0 Å². The van der Waals surface area contributed by atoms with E-state index in [0.29, 0.717) is 33.7 Å². The predicted molar refractivity (Wildman–Crippen MR) is 130 cm³/mol. The first-order valence-electron chi connectivity index (χ1n) is 9.54. The third-order valence-corrected chi connectivity index (χ3v) is 5.82. The lowest BCUT2D eigenvalue weighted by Crippen LogP contribution is -2.22. The van der Waals surface area contributed by atoms with Crippen LogP contribution in [0, 0.1) is 3.57 Å². The van der Waals surface area contributed by atoms with Gasteiger partial charge in [0, 0.05) is 20.9 Å². The summed E-state index contributed by atoms with van der Waals surface area (Å²) in [7, 11) is 1.57. The highest BCUT2D eigenvalue weighted by atomic mass is 127. The van der Waals surface area contributed by atoms with Crippen LogP contribution in [-0.2, 0) is 4.79 Å². The number of methoxy groups -OCH3 is 1. The summed E-state index contributed by atoms with van der Waals surface area (Å²) in [6.07, 6.45) is 1.67. The van der Waals surface area contributed by atoms with Gasteiger partial charge in [-0.15, -0.1) is 0 Å². The molecule has 31 heavy (non-hydrogen) atoms. The minimum atomic E-state index is -0.227. The van der Waals surface area contributed by atoms with Crippen molar-refractivity contribution in [3.8, 4) is 11.4 Å². The van der Waals surface area contributed by atoms with Gasteiger partial charge in [-0.1, -0.05) is 24.3 Å². The van der Waals surface area contributed by atoms with E-state index in [1.165, 1.54) is 4.57 Å². The van der Waals surface area contributed by atoms with Gasteiger partial charge in [0.2, 0.25) is 0 Å². The average molecular weight is 521 g/mol. The van der Waals surface area contributed by atoms with E-state index in [2.05, 4.69) is 27.9 Å². The molecule has 152 valence electrons. The highest BCUT2D eigenvalue weighted by Gasteiger charge is 2.24. The molecule has 5 rings (SSSR count). The average Bonchev–Trinajstić information content (AvgIpc) is 3.09. The largest absolute Gasteiger partial charge is 0.497 e. The molecule has 7 heteroatoms. The van der Waals surface area contributed by atoms with E-state index in [1.807, 2.05) is 60.7 Å². The maximum Gasteiger partial charge on any atom is 0.266 e. The zero-order chi connectivity index (χ0) is 21.5. The molecule has 0 saturated heterocycles. The van der Waals surface area contributed by atoms with Gasteiger partial charge in [-0.05, 0) is 65.1 Å². The van der Waals surface area contributed by atoms with Crippen LogP contribution in [0.5, 0.6) is 5.75 Å². The molecular formula is C24H16IN3O3. The molecule has 6 nitrogen and oxygen atoms in total. The molecule has 1 aliphatic rings. The first-order chi connectivity index (χ1) is 15.0. The third kappa shape index (κ3) is 3.40. The number of rotatable bonds is 3. The molecule has 1 N–H and O–H groups in total. The SMILES string of the molecule is COc1cccc(-n2c(/C=C3\C(=O)Nc4ccccc43)nc3ccc(I)cc3c2=O)c1. The summed E-state index contributed by atoms with van der Waals surface area (Å²) in [5, 5.41) is 3.37. The Morgan fingerprint density at radius 1 is 1.03 bits per heavy atom. The van der Waals surface area contributed by atoms with E-state index in [9.17, 15) is 9.59 Å². The van der Waals surface area contributed by atoms with Gasteiger partial charge >= 0.3 is 0 Å². The minimum absolute atomic E-state index is 0.213. The molecule has 0 spiro atoms. The predicted octanol–water partition coefficient (Wildman–Crippen LogP) is 4.49. The van der Waals surface area contributed by atoms with Crippen LogP contribution in [0.25, 0.3) is 28.2 Å². The molecule has 0 fully saturated rings. The number of nitrogens with one attached hydrogen (secondary N) is 1. The fourth-order valence-corrected chi connectivity index (χ4v) is 4.17. The molecular weight excluding hydrogens is 505 g/mol. The number of anilines is 1. The third-order valence-electron chi connectivity index (χ3n) is 5.15. The first kappa shape index (κ1) is 19.5. The number of nitrogens with zero attached hydrogens (tertiary/aromatic N) is 2. The van der Waals surface area contributed by atoms with Gasteiger partial charge in [0.05, 0.1) is 29.3 Å². The van der Waals surface area contributed by atoms with Gasteiger partial charge in [0.1, 0.15) is 11.6 Å². The number of benzene rings is 3. The number of fused-ring (bicyclic) bond motifs is 2. The Hall–Kier alpha value is -3.46. The van der Waals surface area contributed by atoms with Crippen LogP contribution >= 0.6 is 22.6 Å². The lowest BCUT2D eigenvalue weighted by atomic mass is 10.1. The molecule has 4 aromatic rings. The van der Waals surface area contributed by atoms with Crippen molar-refractivity contribution in [3.63, 3.8) is 0 Å². The summed E-state index contributed by atoms with van der Waals surface area (Å²) in [4.78, 5) is 31.0. The Kier molecular flexibility index (Phi) is 4.82. The lowest BCUT2D eigenvalue weighted by molar-refractivity contribution is -0.110. The van der Waals surface area contributed by atoms with Gasteiger partial charge in [-0.3, -0.25) is 14.2 Å². The standard InChI is InChI=1S/C24H16IN3O3/c1-31-16-6-4-5-15(12-16)28-22(26-21-10-9-14(25)11-19(21)24(28)30)13-18-17-7-2-3-8-20(17)27-23(18)29/h2-13H,1H3,(H,27,29)/b18-13-. The van der Waals surface area contributed by atoms with E-state index in [1.54, 1.807) is 19.3 Å². The summed E-state index contributed by atoms with van der Waals surface area (Å²) >= 11 is 2.17. The number of carbonyl (C=O) groups is 1. The number of aromatic nitrogens is 2. The van der Waals surface area contributed by atoms with Gasteiger partial charge in [0.15, 0.2) is 0 Å². The molecule has 1 amide bonds. The zero-order valence-electron chi connectivity index (χ0n) is 16.4. The van der Waals surface area contributed by atoms with Crippen molar-refractivity contribution < 1.29 is 9.53 Å². The Balaban J connectivity index is 1.83. The van der Waals surface area contributed by atoms with Crippen molar-refractivity contribution in [2.75, 3.05) is 12.4 Å². The summed E-state index contributed by atoms with van der Waals surface area (Å²) in [6.45, 7) is 0.